The minimum absolute atomic E-state index is 0.0498. The fourth-order valence-corrected chi connectivity index (χ4v) is 3.54. The Kier molecular flexibility index (Phi) is 6.42. The van der Waals surface area contributed by atoms with Crippen LogP contribution in [-0.2, 0) is 0 Å². The Morgan fingerprint density at radius 1 is 1.33 bits per heavy atom. The Balaban J connectivity index is 1.96. The van der Waals surface area contributed by atoms with Crippen LogP contribution in [0.5, 0.6) is 5.88 Å². The third kappa shape index (κ3) is 4.79. The molecule has 0 aliphatic carbocycles. The highest BCUT2D eigenvalue weighted by Crippen LogP contribution is 2.34. The van der Waals surface area contributed by atoms with Crippen molar-refractivity contribution < 1.29 is 18.3 Å². The average molecular weight is 435 g/mol. The molecule has 0 spiro atoms. The lowest BCUT2D eigenvalue weighted by Gasteiger charge is -2.24. The van der Waals surface area contributed by atoms with Gasteiger partial charge in [-0.1, -0.05) is 17.7 Å². The molecule has 1 aliphatic heterocycles. The molecular formula is C21H21ClF2N4O2. The lowest BCUT2D eigenvalue weighted by atomic mass is 10.1. The quantitative estimate of drug-likeness (QED) is 0.747. The van der Waals surface area contributed by atoms with Gasteiger partial charge in [-0.25, -0.2) is 8.78 Å². The van der Waals surface area contributed by atoms with Gasteiger partial charge in [0.05, 0.1) is 24.3 Å². The van der Waals surface area contributed by atoms with E-state index in [0.717, 1.165) is 5.56 Å². The standard InChI is InChI=1S/C21H21ClF2N4O2/c1-13-4-5-15(10-14(13)12-25)26-19(29)16-11-17(22)20(30-2)27-18(16)28-8-3-6-21(23,24)7-9-28/h4-5,10-11H,3,6-9H2,1-2H3,(H,26,29). The molecule has 0 bridgehead atoms. The Morgan fingerprint density at radius 2 is 2.10 bits per heavy atom. The minimum Gasteiger partial charge on any atom is -0.480 e. The van der Waals surface area contributed by atoms with Crippen LogP contribution in [0.3, 0.4) is 0 Å². The van der Waals surface area contributed by atoms with E-state index in [0.29, 0.717) is 17.8 Å². The zero-order chi connectivity index (χ0) is 21.9. The van der Waals surface area contributed by atoms with Gasteiger partial charge in [0.2, 0.25) is 11.8 Å². The lowest BCUT2D eigenvalue weighted by molar-refractivity contribution is -0.0102. The van der Waals surface area contributed by atoms with Crippen molar-refractivity contribution in [2.75, 3.05) is 30.4 Å². The summed E-state index contributed by atoms with van der Waals surface area (Å²) in [7, 11) is 1.39. The van der Waals surface area contributed by atoms with E-state index in [1.54, 1.807) is 30.0 Å². The first kappa shape index (κ1) is 21.8. The van der Waals surface area contributed by atoms with Crippen LogP contribution in [0.4, 0.5) is 20.3 Å². The van der Waals surface area contributed by atoms with E-state index in [2.05, 4.69) is 16.4 Å². The highest BCUT2D eigenvalue weighted by molar-refractivity contribution is 6.32. The molecule has 9 heteroatoms. The van der Waals surface area contributed by atoms with Crippen LogP contribution in [0, 0.1) is 18.3 Å². The van der Waals surface area contributed by atoms with Crippen molar-refractivity contribution in [2.45, 2.75) is 32.1 Å². The topological polar surface area (TPSA) is 78.2 Å². The number of nitrogens with one attached hydrogen (secondary N) is 1. The minimum atomic E-state index is -2.75. The third-order valence-electron chi connectivity index (χ3n) is 5.00. The Bertz CT molecular complexity index is 1010. The zero-order valence-corrected chi connectivity index (χ0v) is 17.4. The Morgan fingerprint density at radius 3 is 2.80 bits per heavy atom. The van der Waals surface area contributed by atoms with Crippen LogP contribution in [0.15, 0.2) is 24.3 Å². The number of hydrogen-bond acceptors (Lipinski definition) is 5. The van der Waals surface area contributed by atoms with Gasteiger partial charge in [0.25, 0.3) is 5.91 Å². The molecule has 1 saturated heterocycles. The van der Waals surface area contributed by atoms with Crippen LogP contribution in [0.2, 0.25) is 5.02 Å². The molecule has 1 N–H and O–H groups in total. The molecule has 0 atom stereocenters. The number of hydrogen-bond donors (Lipinski definition) is 1. The van der Waals surface area contributed by atoms with Crippen LogP contribution in [0.25, 0.3) is 0 Å². The molecule has 1 amide bonds. The van der Waals surface area contributed by atoms with Gasteiger partial charge >= 0.3 is 0 Å². The number of carbonyl (C=O) groups excluding carboxylic acids is 1. The second kappa shape index (κ2) is 8.84. The summed E-state index contributed by atoms with van der Waals surface area (Å²) in [6.07, 6.45) is -0.273. The molecule has 0 unspecified atom stereocenters. The first-order chi connectivity index (χ1) is 14.2. The van der Waals surface area contributed by atoms with Crippen molar-refractivity contribution in [2.24, 2.45) is 0 Å². The van der Waals surface area contributed by atoms with E-state index in [9.17, 15) is 18.8 Å². The number of anilines is 2. The summed E-state index contributed by atoms with van der Waals surface area (Å²) in [4.78, 5) is 19.0. The highest BCUT2D eigenvalue weighted by Gasteiger charge is 2.33. The second-order valence-corrected chi connectivity index (χ2v) is 7.55. The Labute approximate surface area is 178 Å². The molecule has 1 aromatic carbocycles. The molecule has 6 nitrogen and oxygen atoms in total. The summed E-state index contributed by atoms with van der Waals surface area (Å²) in [5, 5.41) is 12.1. The van der Waals surface area contributed by atoms with Crippen molar-refractivity contribution in [3.63, 3.8) is 0 Å². The van der Waals surface area contributed by atoms with Gasteiger partial charge in [0.15, 0.2) is 0 Å². The lowest BCUT2D eigenvalue weighted by Crippen LogP contribution is -2.29. The summed E-state index contributed by atoms with van der Waals surface area (Å²) in [6, 6.07) is 8.46. The molecular weight excluding hydrogens is 414 g/mol. The summed E-state index contributed by atoms with van der Waals surface area (Å²) in [6.45, 7) is 2.18. The SMILES string of the molecule is COc1nc(N2CCCC(F)(F)CC2)c(C(=O)Nc2ccc(C)c(C#N)c2)cc1Cl. The third-order valence-corrected chi connectivity index (χ3v) is 5.27. The summed E-state index contributed by atoms with van der Waals surface area (Å²) in [5.41, 5.74) is 1.80. The maximum atomic E-state index is 13.8. The van der Waals surface area contributed by atoms with Crippen molar-refractivity contribution in [3.05, 3.63) is 46.0 Å². The summed E-state index contributed by atoms with van der Waals surface area (Å²) >= 11 is 6.18. The van der Waals surface area contributed by atoms with Gasteiger partial charge < -0.3 is 15.0 Å². The van der Waals surface area contributed by atoms with E-state index in [1.165, 1.54) is 13.2 Å². The number of pyridine rings is 1. The first-order valence-corrected chi connectivity index (χ1v) is 9.81. The number of halogens is 3. The number of methoxy groups -OCH3 is 1. The van der Waals surface area contributed by atoms with Gasteiger partial charge in [-0.15, -0.1) is 0 Å². The predicted octanol–water partition coefficient (Wildman–Crippen LogP) is 4.80. The van der Waals surface area contributed by atoms with Crippen molar-refractivity contribution in [1.29, 1.82) is 5.26 Å². The van der Waals surface area contributed by atoms with Crippen molar-refractivity contribution in [1.82, 2.24) is 4.98 Å². The van der Waals surface area contributed by atoms with Gasteiger partial charge in [-0.2, -0.15) is 10.2 Å². The first-order valence-electron chi connectivity index (χ1n) is 9.43. The number of aromatic nitrogens is 1. The molecule has 158 valence electrons. The van der Waals surface area contributed by atoms with Crippen molar-refractivity contribution >= 4 is 29.0 Å². The van der Waals surface area contributed by atoms with Crippen LogP contribution in [-0.4, -0.2) is 37.0 Å². The maximum absolute atomic E-state index is 13.8. The fraction of sp³-hybridized carbons (Fsp3) is 0.381. The number of carbonyl (C=O) groups is 1. The monoisotopic (exact) mass is 434 g/mol. The second-order valence-electron chi connectivity index (χ2n) is 7.14. The molecule has 0 radical (unpaired) electrons. The normalized spacial score (nSPS) is 15.8. The summed E-state index contributed by atoms with van der Waals surface area (Å²) in [5.74, 6) is -2.91. The van der Waals surface area contributed by atoms with E-state index >= 15 is 0 Å². The van der Waals surface area contributed by atoms with E-state index in [-0.39, 0.29) is 48.1 Å². The largest absolute Gasteiger partial charge is 0.480 e. The molecule has 30 heavy (non-hydrogen) atoms. The Hall–Kier alpha value is -2.92. The molecule has 2 heterocycles. The molecule has 2 aromatic rings. The van der Waals surface area contributed by atoms with Gasteiger partial charge in [-0.05, 0) is 37.1 Å². The molecule has 1 fully saturated rings. The van der Waals surface area contributed by atoms with E-state index in [1.807, 2.05) is 0 Å². The van der Waals surface area contributed by atoms with Gasteiger partial charge in [-0.3, -0.25) is 4.79 Å². The van der Waals surface area contributed by atoms with Crippen LogP contribution < -0.4 is 15.0 Å². The number of alkyl halides is 2. The molecule has 0 saturated carbocycles. The average Bonchev–Trinajstić information content (AvgIpc) is 2.89. The molecule has 3 rings (SSSR count). The van der Waals surface area contributed by atoms with Crippen LogP contribution >= 0.6 is 11.6 Å². The number of rotatable bonds is 4. The smallest absolute Gasteiger partial charge is 0.259 e. The fourth-order valence-electron chi connectivity index (χ4n) is 3.31. The van der Waals surface area contributed by atoms with E-state index in [4.69, 9.17) is 16.3 Å². The van der Waals surface area contributed by atoms with Crippen molar-refractivity contribution in [3.8, 4) is 11.9 Å². The van der Waals surface area contributed by atoms with Crippen LogP contribution in [0.1, 0.15) is 40.7 Å². The van der Waals surface area contributed by atoms with Gasteiger partial charge in [0.1, 0.15) is 10.8 Å². The highest BCUT2D eigenvalue weighted by atomic mass is 35.5. The van der Waals surface area contributed by atoms with Gasteiger partial charge in [0, 0.05) is 31.6 Å². The molecule has 1 aromatic heterocycles. The van der Waals surface area contributed by atoms with E-state index < -0.39 is 11.8 Å². The number of nitrogens with zero attached hydrogens (tertiary/aromatic N) is 3. The number of benzene rings is 1. The zero-order valence-electron chi connectivity index (χ0n) is 16.6. The summed E-state index contributed by atoms with van der Waals surface area (Å²) < 4.78 is 32.8. The predicted molar refractivity (Wildman–Crippen MR) is 111 cm³/mol. The number of amides is 1. The number of ether oxygens (including phenoxy) is 1. The number of aryl methyl sites for hydroxylation is 1. The maximum Gasteiger partial charge on any atom is 0.259 e. The molecule has 1 aliphatic rings. The number of nitriles is 1.